The van der Waals surface area contributed by atoms with Gasteiger partial charge >= 0.3 is 0 Å². The zero-order valence-corrected chi connectivity index (χ0v) is 8.92. The Morgan fingerprint density at radius 2 is 2.00 bits per heavy atom. The molecule has 0 saturated carbocycles. The Labute approximate surface area is 97.9 Å². The van der Waals surface area contributed by atoms with Gasteiger partial charge in [0, 0.05) is 5.39 Å². The number of nitrogens with zero attached hydrogens (tertiary/aromatic N) is 2. The predicted molar refractivity (Wildman–Crippen MR) is 64.2 cm³/mol. The summed E-state index contributed by atoms with van der Waals surface area (Å²) in [6.07, 6.45) is 1.60. The molecule has 3 rings (SSSR count). The van der Waals surface area contributed by atoms with Crippen molar-refractivity contribution in [3.8, 4) is 17.5 Å². The van der Waals surface area contributed by atoms with Gasteiger partial charge in [0.25, 0.3) is 0 Å². The zero-order valence-electron chi connectivity index (χ0n) is 8.92. The molecule has 3 nitrogen and oxygen atoms in total. The molecule has 0 bridgehead atoms. The second-order valence-corrected chi connectivity index (χ2v) is 3.67. The fourth-order valence-electron chi connectivity index (χ4n) is 1.86. The van der Waals surface area contributed by atoms with E-state index in [-0.39, 0.29) is 0 Å². The van der Waals surface area contributed by atoms with Crippen molar-refractivity contribution in [3.63, 3.8) is 0 Å². The van der Waals surface area contributed by atoms with Crippen LogP contribution in [0.1, 0.15) is 5.69 Å². The molecule has 3 aromatic rings. The summed E-state index contributed by atoms with van der Waals surface area (Å²) in [6.45, 7) is 0. The van der Waals surface area contributed by atoms with E-state index in [9.17, 15) is 0 Å². The van der Waals surface area contributed by atoms with E-state index in [4.69, 9.17) is 9.68 Å². The number of hydrogen-bond donors (Lipinski definition) is 0. The average molecular weight is 220 g/mol. The summed E-state index contributed by atoms with van der Waals surface area (Å²) in [5.41, 5.74) is 1.11. The number of hydrogen-bond acceptors (Lipinski definition) is 3. The lowest BCUT2D eigenvalue weighted by atomic mass is 10.1. The second-order valence-electron chi connectivity index (χ2n) is 3.67. The van der Waals surface area contributed by atoms with Crippen LogP contribution in [0.5, 0.6) is 0 Å². The number of aromatic nitrogens is 1. The number of rotatable bonds is 1. The van der Waals surface area contributed by atoms with Crippen molar-refractivity contribution in [1.29, 1.82) is 5.26 Å². The van der Waals surface area contributed by atoms with E-state index < -0.39 is 0 Å². The Hall–Kier alpha value is -2.60. The molecule has 2 heterocycles. The van der Waals surface area contributed by atoms with E-state index in [1.54, 1.807) is 12.3 Å². The molecular weight excluding hydrogens is 212 g/mol. The van der Waals surface area contributed by atoms with E-state index in [2.05, 4.69) is 11.1 Å². The third-order valence-electron chi connectivity index (χ3n) is 2.61. The molecule has 17 heavy (non-hydrogen) atoms. The Morgan fingerprint density at radius 3 is 2.76 bits per heavy atom. The van der Waals surface area contributed by atoms with Gasteiger partial charge in [0.15, 0.2) is 5.76 Å². The van der Waals surface area contributed by atoms with Gasteiger partial charge in [-0.25, -0.2) is 4.98 Å². The smallest absolute Gasteiger partial charge is 0.152 e. The SMILES string of the molecule is N#Cc1cc2ccccc2c(-c2ccco2)n1. The van der Waals surface area contributed by atoms with Gasteiger partial charge in [0.05, 0.1) is 6.26 Å². The van der Waals surface area contributed by atoms with Crippen molar-refractivity contribution in [2.45, 2.75) is 0 Å². The highest BCUT2D eigenvalue weighted by atomic mass is 16.3. The summed E-state index contributed by atoms with van der Waals surface area (Å²) >= 11 is 0. The van der Waals surface area contributed by atoms with Crippen LogP contribution >= 0.6 is 0 Å². The van der Waals surface area contributed by atoms with Crippen LogP contribution in [0.15, 0.2) is 53.1 Å². The molecular formula is C14H8N2O. The minimum absolute atomic E-state index is 0.398. The minimum atomic E-state index is 0.398. The van der Waals surface area contributed by atoms with Crippen LogP contribution in [0.4, 0.5) is 0 Å². The van der Waals surface area contributed by atoms with Crippen molar-refractivity contribution in [2.24, 2.45) is 0 Å². The molecule has 3 heteroatoms. The van der Waals surface area contributed by atoms with E-state index in [0.29, 0.717) is 17.1 Å². The topological polar surface area (TPSA) is 49.8 Å². The molecule has 0 fully saturated rings. The van der Waals surface area contributed by atoms with Crippen LogP contribution in [0.3, 0.4) is 0 Å². The van der Waals surface area contributed by atoms with Crippen LogP contribution in [0.25, 0.3) is 22.2 Å². The molecule has 0 spiro atoms. The molecule has 0 aliphatic carbocycles. The highest BCUT2D eigenvalue weighted by Gasteiger charge is 2.09. The Kier molecular flexibility index (Phi) is 2.13. The summed E-state index contributed by atoms with van der Waals surface area (Å²) in [5, 5.41) is 11.0. The highest BCUT2D eigenvalue weighted by molar-refractivity contribution is 5.94. The lowest BCUT2D eigenvalue weighted by Crippen LogP contribution is -1.89. The maximum Gasteiger partial charge on any atom is 0.152 e. The van der Waals surface area contributed by atoms with Crippen LogP contribution in [-0.4, -0.2) is 4.98 Å². The number of pyridine rings is 1. The maximum atomic E-state index is 8.98. The first-order valence-electron chi connectivity index (χ1n) is 5.22. The molecule has 2 aromatic heterocycles. The van der Waals surface area contributed by atoms with Crippen molar-refractivity contribution >= 4 is 10.8 Å². The fraction of sp³-hybridized carbons (Fsp3) is 0. The van der Waals surface area contributed by atoms with E-state index in [0.717, 1.165) is 10.8 Å². The maximum absolute atomic E-state index is 8.98. The summed E-state index contributed by atoms with van der Waals surface area (Å²) in [4.78, 5) is 4.31. The molecule has 0 radical (unpaired) electrons. The summed E-state index contributed by atoms with van der Waals surface area (Å²) in [6, 6.07) is 15.3. The number of benzene rings is 1. The van der Waals surface area contributed by atoms with Crippen LogP contribution in [-0.2, 0) is 0 Å². The summed E-state index contributed by atoms with van der Waals surface area (Å²) < 4.78 is 5.36. The molecule has 0 amide bonds. The number of nitriles is 1. The molecule has 0 unspecified atom stereocenters. The van der Waals surface area contributed by atoms with Crippen molar-refractivity contribution in [1.82, 2.24) is 4.98 Å². The van der Waals surface area contributed by atoms with Gasteiger partial charge in [0.1, 0.15) is 17.5 Å². The van der Waals surface area contributed by atoms with Gasteiger partial charge in [0.2, 0.25) is 0 Å². The van der Waals surface area contributed by atoms with E-state index in [1.807, 2.05) is 36.4 Å². The first-order valence-corrected chi connectivity index (χ1v) is 5.22. The summed E-state index contributed by atoms with van der Waals surface area (Å²) in [7, 11) is 0. The molecule has 1 aromatic carbocycles. The van der Waals surface area contributed by atoms with Crippen LogP contribution in [0, 0.1) is 11.3 Å². The lowest BCUT2D eigenvalue weighted by Gasteiger charge is -2.03. The Morgan fingerprint density at radius 1 is 1.12 bits per heavy atom. The van der Waals surface area contributed by atoms with E-state index in [1.165, 1.54) is 0 Å². The molecule has 0 aliphatic heterocycles. The summed E-state index contributed by atoms with van der Waals surface area (Å²) in [5.74, 6) is 0.679. The van der Waals surface area contributed by atoms with Crippen molar-refractivity contribution in [2.75, 3.05) is 0 Å². The predicted octanol–water partition coefficient (Wildman–Crippen LogP) is 3.37. The number of fused-ring (bicyclic) bond motifs is 1. The van der Waals surface area contributed by atoms with Gasteiger partial charge < -0.3 is 4.42 Å². The van der Waals surface area contributed by atoms with Gasteiger partial charge in [-0.1, -0.05) is 24.3 Å². The van der Waals surface area contributed by atoms with Gasteiger partial charge in [-0.05, 0) is 23.6 Å². The molecule has 0 N–H and O–H groups in total. The van der Waals surface area contributed by atoms with Gasteiger partial charge in [-0.2, -0.15) is 5.26 Å². The first-order chi connectivity index (χ1) is 8.38. The third-order valence-corrected chi connectivity index (χ3v) is 2.61. The molecule has 0 saturated heterocycles. The standard InChI is InChI=1S/C14H8N2O/c15-9-11-8-10-4-1-2-5-12(10)14(16-11)13-6-3-7-17-13/h1-8H. The minimum Gasteiger partial charge on any atom is -0.463 e. The second kappa shape index (κ2) is 3.76. The number of furan rings is 1. The lowest BCUT2D eigenvalue weighted by molar-refractivity contribution is 0.580. The monoisotopic (exact) mass is 220 g/mol. The van der Waals surface area contributed by atoms with Crippen molar-refractivity contribution < 1.29 is 4.42 Å². The zero-order chi connectivity index (χ0) is 11.7. The highest BCUT2D eigenvalue weighted by Crippen LogP contribution is 2.27. The fourth-order valence-corrected chi connectivity index (χ4v) is 1.86. The van der Waals surface area contributed by atoms with E-state index >= 15 is 0 Å². The van der Waals surface area contributed by atoms with Gasteiger partial charge in [-0.15, -0.1) is 0 Å². The molecule has 0 atom stereocenters. The molecule has 80 valence electrons. The van der Waals surface area contributed by atoms with Crippen molar-refractivity contribution in [3.05, 3.63) is 54.4 Å². The normalized spacial score (nSPS) is 10.3. The Bertz CT molecular complexity index is 709. The Balaban J connectivity index is 2.40. The van der Waals surface area contributed by atoms with Crippen LogP contribution in [0.2, 0.25) is 0 Å². The first kappa shape index (κ1) is 9.61. The molecule has 0 aliphatic rings. The van der Waals surface area contributed by atoms with Gasteiger partial charge in [-0.3, -0.25) is 0 Å². The van der Waals surface area contributed by atoms with Crippen LogP contribution < -0.4 is 0 Å². The quantitative estimate of drug-likeness (QED) is 0.631. The third kappa shape index (κ3) is 1.56. The largest absolute Gasteiger partial charge is 0.463 e. The average Bonchev–Trinajstić information content (AvgIpc) is 2.91.